The Kier molecular flexibility index (Phi) is 6.02. The Hall–Kier alpha value is -1.95. The van der Waals surface area contributed by atoms with Gasteiger partial charge in [-0.15, -0.1) is 11.3 Å². The molecular weight excluding hydrogens is 354 g/mol. The van der Waals surface area contributed by atoms with Crippen LogP contribution < -0.4 is 0 Å². The molecule has 142 valence electrons. The van der Waals surface area contributed by atoms with E-state index in [0.29, 0.717) is 5.92 Å². The second kappa shape index (κ2) is 8.83. The first-order chi connectivity index (χ1) is 13.3. The lowest BCUT2D eigenvalue weighted by Crippen LogP contribution is -2.24. The first-order valence-corrected chi connectivity index (χ1v) is 10.6. The third-order valence-corrected chi connectivity index (χ3v) is 6.16. The number of imidazole rings is 1. The molecular formula is C22H27N3OS. The highest BCUT2D eigenvalue weighted by molar-refractivity contribution is 7.13. The minimum atomic E-state index is 0.684. The smallest absolute Gasteiger partial charge is 0.0971 e. The Morgan fingerprint density at radius 2 is 2.07 bits per heavy atom. The number of thiophene rings is 1. The number of benzene rings is 1. The number of nitrogens with zero attached hydrogens (tertiary/aromatic N) is 3. The number of likely N-dealkylation sites (tertiary alicyclic amines) is 1. The van der Waals surface area contributed by atoms with E-state index in [1.54, 1.807) is 18.4 Å². The topological polar surface area (TPSA) is 30.3 Å². The number of rotatable bonds is 8. The zero-order chi connectivity index (χ0) is 18.5. The molecule has 2 aromatic heterocycles. The second-order valence-electron chi connectivity index (χ2n) is 7.24. The van der Waals surface area contributed by atoms with Gasteiger partial charge >= 0.3 is 0 Å². The van der Waals surface area contributed by atoms with Crippen molar-refractivity contribution in [2.24, 2.45) is 5.92 Å². The van der Waals surface area contributed by atoms with Gasteiger partial charge < -0.3 is 14.2 Å². The van der Waals surface area contributed by atoms with E-state index in [-0.39, 0.29) is 0 Å². The molecule has 3 aromatic rings. The van der Waals surface area contributed by atoms with Gasteiger partial charge in [0.15, 0.2) is 0 Å². The van der Waals surface area contributed by atoms with Gasteiger partial charge in [-0.3, -0.25) is 0 Å². The van der Waals surface area contributed by atoms with Crippen LogP contribution in [0.25, 0.3) is 21.8 Å². The van der Waals surface area contributed by atoms with Crippen LogP contribution in [0.3, 0.4) is 0 Å². The molecule has 0 N–H and O–H groups in total. The lowest BCUT2D eigenvalue weighted by molar-refractivity contribution is 0.178. The molecule has 1 aliphatic heterocycles. The highest BCUT2D eigenvalue weighted by atomic mass is 32.1. The molecule has 27 heavy (non-hydrogen) atoms. The highest BCUT2D eigenvalue weighted by Gasteiger charge is 2.24. The summed E-state index contributed by atoms with van der Waals surface area (Å²) in [7, 11) is 1.78. The Balaban J connectivity index is 1.53. The van der Waals surface area contributed by atoms with Gasteiger partial charge in [0.1, 0.15) is 0 Å². The van der Waals surface area contributed by atoms with Crippen LogP contribution in [-0.2, 0) is 11.3 Å². The molecule has 1 saturated heterocycles. The maximum atomic E-state index is 5.19. The largest absolute Gasteiger partial charge is 0.385 e. The van der Waals surface area contributed by atoms with Crippen molar-refractivity contribution in [1.29, 1.82) is 0 Å². The van der Waals surface area contributed by atoms with Crippen molar-refractivity contribution in [3.63, 3.8) is 0 Å². The summed E-state index contributed by atoms with van der Waals surface area (Å²) in [6, 6.07) is 14.9. The molecule has 0 spiro atoms. The normalized spacial score (nSPS) is 17.6. The fourth-order valence-electron chi connectivity index (χ4n) is 3.98. The van der Waals surface area contributed by atoms with Crippen molar-refractivity contribution >= 4 is 11.3 Å². The van der Waals surface area contributed by atoms with Crippen molar-refractivity contribution in [3.05, 3.63) is 54.2 Å². The van der Waals surface area contributed by atoms with Crippen LogP contribution >= 0.6 is 11.3 Å². The summed E-state index contributed by atoms with van der Waals surface area (Å²) >= 11 is 1.79. The van der Waals surface area contributed by atoms with Gasteiger partial charge in [0.05, 0.1) is 22.6 Å². The fraction of sp³-hybridized carbons (Fsp3) is 0.409. The van der Waals surface area contributed by atoms with E-state index < -0.39 is 0 Å². The number of hydrogen-bond acceptors (Lipinski definition) is 4. The van der Waals surface area contributed by atoms with Crippen molar-refractivity contribution in [2.45, 2.75) is 19.4 Å². The van der Waals surface area contributed by atoms with Gasteiger partial charge in [-0.2, -0.15) is 0 Å². The van der Waals surface area contributed by atoms with Crippen LogP contribution in [0, 0.1) is 5.92 Å². The van der Waals surface area contributed by atoms with Crippen LogP contribution in [0.5, 0.6) is 0 Å². The summed E-state index contributed by atoms with van der Waals surface area (Å²) in [5, 5.41) is 2.15. The molecule has 0 aliphatic carbocycles. The summed E-state index contributed by atoms with van der Waals surface area (Å²) in [4.78, 5) is 8.67. The summed E-state index contributed by atoms with van der Waals surface area (Å²) in [5.74, 6) is 0.684. The maximum Gasteiger partial charge on any atom is 0.0971 e. The molecule has 4 rings (SSSR count). The third-order valence-electron chi connectivity index (χ3n) is 5.29. The molecule has 0 amide bonds. The van der Waals surface area contributed by atoms with Crippen LogP contribution in [0.2, 0.25) is 0 Å². The molecule has 1 atom stereocenters. The molecule has 5 heteroatoms. The molecule has 0 radical (unpaired) electrons. The van der Waals surface area contributed by atoms with E-state index in [4.69, 9.17) is 9.72 Å². The van der Waals surface area contributed by atoms with Crippen molar-refractivity contribution < 1.29 is 4.74 Å². The first kappa shape index (κ1) is 18.4. The van der Waals surface area contributed by atoms with Gasteiger partial charge in [0.2, 0.25) is 0 Å². The van der Waals surface area contributed by atoms with E-state index in [0.717, 1.165) is 31.8 Å². The number of ether oxygens (including phenoxy) is 1. The van der Waals surface area contributed by atoms with Gasteiger partial charge in [-0.25, -0.2) is 4.98 Å². The monoisotopic (exact) mass is 381 g/mol. The van der Waals surface area contributed by atoms with Crippen LogP contribution in [-0.4, -0.2) is 47.8 Å². The van der Waals surface area contributed by atoms with Gasteiger partial charge in [0, 0.05) is 38.9 Å². The average molecular weight is 382 g/mol. The second-order valence-corrected chi connectivity index (χ2v) is 8.19. The fourth-order valence-corrected chi connectivity index (χ4v) is 4.76. The number of aromatic nitrogens is 2. The molecule has 0 saturated carbocycles. The molecule has 1 aliphatic rings. The van der Waals surface area contributed by atoms with Crippen molar-refractivity contribution in [2.75, 3.05) is 33.4 Å². The van der Waals surface area contributed by atoms with Crippen LogP contribution in [0.1, 0.15) is 12.8 Å². The van der Waals surface area contributed by atoms with E-state index in [9.17, 15) is 0 Å². The van der Waals surface area contributed by atoms with Crippen molar-refractivity contribution in [3.8, 4) is 21.8 Å². The highest BCUT2D eigenvalue weighted by Crippen LogP contribution is 2.35. The van der Waals surface area contributed by atoms with E-state index in [1.165, 1.54) is 35.6 Å². The Morgan fingerprint density at radius 3 is 2.85 bits per heavy atom. The molecule has 1 aromatic carbocycles. The lowest BCUT2D eigenvalue weighted by atomic mass is 10.1. The number of hydrogen-bond donors (Lipinski definition) is 0. The maximum absolute atomic E-state index is 5.19. The average Bonchev–Trinajstić information content (AvgIpc) is 3.44. The number of methoxy groups -OCH3 is 1. The van der Waals surface area contributed by atoms with Gasteiger partial charge in [0.25, 0.3) is 0 Å². The minimum Gasteiger partial charge on any atom is -0.385 e. The summed E-state index contributed by atoms with van der Waals surface area (Å²) in [6.45, 7) is 5.40. The van der Waals surface area contributed by atoms with E-state index in [2.05, 4.69) is 57.3 Å². The lowest BCUT2D eigenvalue weighted by Gasteiger charge is -2.17. The predicted molar refractivity (Wildman–Crippen MR) is 112 cm³/mol. The Bertz CT molecular complexity index is 829. The SMILES string of the molecule is COCCCN1CC[C@@H](Cn2cnc(-c3ccccc3)c2-c2cccs2)C1. The summed E-state index contributed by atoms with van der Waals surface area (Å²) in [5.41, 5.74) is 3.54. The molecule has 0 bridgehead atoms. The zero-order valence-corrected chi connectivity index (χ0v) is 16.7. The van der Waals surface area contributed by atoms with E-state index in [1.807, 2.05) is 6.33 Å². The standard InChI is InChI=1S/C22H27N3OS/c1-26-13-6-11-24-12-10-18(15-24)16-25-17-23-21(19-7-3-2-4-8-19)22(25)20-9-5-14-27-20/h2-5,7-9,14,17-18H,6,10-13,15-16H2,1H3/t18-/m1/s1. The van der Waals surface area contributed by atoms with Gasteiger partial charge in [-0.05, 0) is 36.8 Å². The quantitative estimate of drug-likeness (QED) is 0.533. The van der Waals surface area contributed by atoms with Crippen molar-refractivity contribution in [1.82, 2.24) is 14.5 Å². The van der Waals surface area contributed by atoms with Gasteiger partial charge in [-0.1, -0.05) is 36.4 Å². The summed E-state index contributed by atoms with van der Waals surface area (Å²) in [6.07, 6.45) is 4.41. The van der Waals surface area contributed by atoms with Crippen LogP contribution in [0.4, 0.5) is 0 Å². The Labute approximate surface area is 165 Å². The third kappa shape index (κ3) is 4.32. The molecule has 3 heterocycles. The minimum absolute atomic E-state index is 0.684. The molecule has 4 nitrogen and oxygen atoms in total. The molecule has 0 unspecified atom stereocenters. The summed E-state index contributed by atoms with van der Waals surface area (Å²) < 4.78 is 7.56. The van der Waals surface area contributed by atoms with E-state index >= 15 is 0 Å². The van der Waals surface area contributed by atoms with Crippen LogP contribution in [0.15, 0.2) is 54.2 Å². The zero-order valence-electron chi connectivity index (χ0n) is 15.9. The Morgan fingerprint density at radius 1 is 1.19 bits per heavy atom. The first-order valence-electron chi connectivity index (χ1n) is 9.71. The predicted octanol–water partition coefficient (Wildman–Crippen LogP) is 4.64. The molecule has 1 fully saturated rings.